The summed E-state index contributed by atoms with van der Waals surface area (Å²) in [7, 11) is 1.60. The van der Waals surface area contributed by atoms with E-state index in [0.29, 0.717) is 45.0 Å². The lowest BCUT2D eigenvalue weighted by atomic mass is 9.90. The van der Waals surface area contributed by atoms with Gasteiger partial charge >= 0.3 is 0 Å². The second-order valence-electron chi connectivity index (χ2n) is 9.02. The number of allylic oxidation sites excluding steroid dienone is 1. The van der Waals surface area contributed by atoms with Gasteiger partial charge in [-0.05, 0) is 49.8 Å². The first-order valence-electron chi connectivity index (χ1n) is 12.5. The summed E-state index contributed by atoms with van der Waals surface area (Å²) in [4.78, 5) is 35.0. The molecule has 38 heavy (non-hydrogen) atoms. The molecule has 1 aromatic heterocycles. The molecule has 194 valence electrons. The number of hydrogen-bond donors (Lipinski definition) is 1. The molecular formula is C30H29N3O4S. The number of methoxy groups -OCH3 is 1. The Balaban J connectivity index is 1.87. The number of nitrogens with zero attached hydrogens (tertiary/aromatic N) is 3. The predicted octanol–water partition coefficient (Wildman–Crippen LogP) is 3.97. The van der Waals surface area contributed by atoms with Crippen LogP contribution in [0.1, 0.15) is 37.9 Å². The first kappa shape index (κ1) is 25.5. The first-order chi connectivity index (χ1) is 18.4. The number of benzene rings is 3. The summed E-state index contributed by atoms with van der Waals surface area (Å²) in [6.07, 6.45) is 1.67. The van der Waals surface area contributed by atoms with Crippen LogP contribution >= 0.6 is 11.3 Å². The Labute approximate surface area is 224 Å². The highest BCUT2D eigenvalue weighted by atomic mass is 32.1. The molecule has 8 heteroatoms. The van der Waals surface area contributed by atoms with Crippen LogP contribution in [0.5, 0.6) is 11.5 Å². The van der Waals surface area contributed by atoms with E-state index >= 15 is 0 Å². The number of para-hydroxylation sites is 1. The summed E-state index contributed by atoms with van der Waals surface area (Å²) in [6, 6.07) is 17.9. The second-order valence-corrected chi connectivity index (χ2v) is 10.0. The Hall–Kier alpha value is -4.17. The fraction of sp³-hybridized carbons (Fsp3) is 0.233. The van der Waals surface area contributed by atoms with Crippen molar-refractivity contribution < 1.29 is 14.6 Å². The van der Waals surface area contributed by atoms with Crippen molar-refractivity contribution >= 4 is 34.1 Å². The number of rotatable bonds is 6. The zero-order chi connectivity index (χ0) is 27.0. The summed E-state index contributed by atoms with van der Waals surface area (Å²) in [6.45, 7) is 6.76. The van der Waals surface area contributed by atoms with Crippen LogP contribution in [0.4, 0.5) is 0 Å². The third-order valence-corrected chi connectivity index (χ3v) is 7.93. The van der Waals surface area contributed by atoms with Crippen molar-refractivity contribution in [2.75, 3.05) is 20.2 Å². The van der Waals surface area contributed by atoms with Gasteiger partial charge in [0.1, 0.15) is 17.5 Å². The third-order valence-electron chi connectivity index (χ3n) is 6.95. The molecule has 0 saturated heterocycles. The quantitative estimate of drug-likeness (QED) is 0.411. The molecule has 0 bridgehead atoms. The Kier molecular flexibility index (Phi) is 6.91. The van der Waals surface area contributed by atoms with Gasteiger partial charge < -0.3 is 14.7 Å². The van der Waals surface area contributed by atoms with Gasteiger partial charge in [-0.15, -0.1) is 0 Å². The summed E-state index contributed by atoms with van der Waals surface area (Å²) < 4.78 is 7.84. The van der Waals surface area contributed by atoms with Crippen molar-refractivity contribution in [2.45, 2.75) is 26.8 Å². The van der Waals surface area contributed by atoms with Crippen LogP contribution in [0.2, 0.25) is 0 Å². The number of phenolic OH excluding ortho intramolecular Hbond substituents is 1. The molecule has 0 radical (unpaired) electrons. The second kappa shape index (κ2) is 10.3. The van der Waals surface area contributed by atoms with E-state index in [0.717, 1.165) is 16.3 Å². The first-order valence-corrected chi connectivity index (χ1v) is 13.4. The molecule has 0 unspecified atom stereocenters. The SMILES string of the molecule is CCN(CC)C(=O)C1=C(C)N=c2s/c(=C/c3ccccc3O)c(=O)n2[C@H]1c1c(OC)ccc2ccccc12. The molecule has 4 aromatic rings. The van der Waals surface area contributed by atoms with E-state index in [1.165, 1.54) is 11.3 Å². The number of carbonyl (C=O) groups excluding carboxylic acids is 1. The molecule has 1 atom stereocenters. The number of amides is 1. The normalized spacial score (nSPS) is 15.4. The predicted molar refractivity (Wildman–Crippen MR) is 150 cm³/mol. The number of phenols is 1. The van der Waals surface area contributed by atoms with Crippen LogP contribution in [0, 0.1) is 0 Å². The Bertz CT molecular complexity index is 1760. The number of thiazole rings is 1. The fourth-order valence-electron chi connectivity index (χ4n) is 5.04. The minimum absolute atomic E-state index is 0.0826. The van der Waals surface area contributed by atoms with Crippen LogP contribution in [-0.4, -0.2) is 40.7 Å². The number of fused-ring (bicyclic) bond motifs is 2. The third kappa shape index (κ3) is 4.20. The summed E-state index contributed by atoms with van der Waals surface area (Å²) in [5.41, 5.74) is 2.01. The monoisotopic (exact) mass is 527 g/mol. The lowest BCUT2D eigenvalue weighted by molar-refractivity contribution is -0.127. The minimum atomic E-state index is -0.744. The average molecular weight is 528 g/mol. The van der Waals surface area contributed by atoms with Gasteiger partial charge in [0.2, 0.25) is 0 Å². The zero-order valence-electron chi connectivity index (χ0n) is 21.8. The maximum absolute atomic E-state index is 14.0. The van der Waals surface area contributed by atoms with Gasteiger partial charge in [-0.1, -0.05) is 59.9 Å². The lowest BCUT2D eigenvalue weighted by Gasteiger charge is -2.30. The number of aromatic nitrogens is 1. The number of carbonyl (C=O) groups is 1. The summed E-state index contributed by atoms with van der Waals surface area (Å²) >= 11 is 1.24. The van der Waals surface area contributed by atoms with Crippen molar-refractivity contribution in [3.63, 3.8) is 0 Å². The van der Waals surface area contributed by atoms with Gasteiger partial charge in [0.25, 0.3) is 11.5 Å². The molecule has 0 spiro atoms. The van der Waals surface area contributed by atoms with Crippen molar-refractivity contribution in [2.24, 2.45) is 4.99 Å². The largest absolute Gasteiger partial charge is 0.507 e. The van der Waals surface area contributed by atoms with Gasteiger partial charge in [0.05, 0.1) is 22.9 Å². The van der Waals surface area contributed by atoms with Crippen LogP contribution in [0.3, 0.4) is 0 Å². The van der Waals surface area contributed by atoms with E-state index in [1.807, 2.05) is 57.2 Å². The molecular weight excluding hydrogens is 498 g/mol. The average Bonchev–Trinajstić information content (AvgIpc) is 3.23. The van der Waals surface area contributed by atoms with Gasteiger partial charge in [-0.2, -0.15) is 0 Å². The molecule has 1 aliphatic heterocycles. The van der Waals surface area contributed by atoms with Crippen LogP contribution in [-0.2, 0) is 4.79 Å². The van der Waals surface area contributed by atoms with E-state index in [9.17, 15) is 14.7 Å². The molecule has 3 aromatic carbocycles. The zero-order valence-corrected chi connectivity index (χ0v) is 22.6. The molecule has 1 amide bonds. The fourth-order valence-corrected chi connectivity index (χ4v) is 6.07. The van der Waals surface area contributed by atoms with Crippen LogP contribution < -0.4 is 19.6 Å². The molecule has 0 fully saturated rings. The molecule has 0 saturated carbocycles. The maximum atomic E-state index is 14.0. The lowest BCUT2D eigenvalue weighted by Crippen LogP contribution is -2.43. The highest BCUT2D eigenvalue weighted by Gasteiger charge is 2.36. The van der Waals surface area contributed by atoms with Crippen molar-refractivity contribution in [3.8, 4) is 11.5 Å². The topological polar surface area (TPSA) is 84.1 Å². The van der Waals surface area contributed by atoms with Gasteiger partial charge in [-0.3, -0.25) is 14.2 Å². The smallest absolute Gasteiger partial charge is 0.271 e. The molecule has 1 N–H and O–H groups in total. The maximum Gasteiger partial charge on any atom is 0.271 e. The van der Waals surface area contributed by atoms with Crippen molar-refractivity contribution in [1.82, 2.24) is 9.47 Å². The van der Waals surface area contributed by atoms with E-state index in [-0.39, 0.29) is 17.2 Å². The Morgan fingerprint density at radius 3 is 2.53 bits per heavy atom. The molecule has 2 heterocycles. The van der Waals surface area contributed by atoms with Crippen LogP contribution in [0.25, 0.3) is 16.8 Å². The highest BCUT2D eigenvalue weighted by Crippen LogP contribution is 2.40. The van der Waals surface area contributed by atoms with Crippen molar-refractivity contribution in [3.05, 3.63) is 103 Å². The number of hydrogen-bond acceptors (Lipinski definition) is 6. The number of ether oxygens (including phenoxy) is 1. The molecule has 7 nitrogen and oxygen atoms in total. The van der Waals surface area contributed by atoms with E-state index < -0.39 is 6.04 Å². The van der Waals surface area contributed by atoms with E-state index in [4.69, 9.17) is 9.73 Å². The van der Waals surface area contributed by atoms with Crippen LogP contribution in [0.15, 0.2) is 81.7 Å². The molecule has 5 rings (SSSR count). The molecule has 0 aliphatic carbocycles. The van der Waals surface area contributed by atoms with Gasteiger partial charge in [-0.25, -0.2) is 4.99 Å². The Morgan fingerprint density at radius 2 is 1.82 bits per heavy atom. The summed E-state index contributed by atoms with van der Waals surface area (Å²) in [5, 5.41) is 12.2. The standard InChI is InChI=1S/C30H29N3O4S/c1-5-32(6-2)29(36)25-18(3)31-30-33(28(35)24(38-30)17-20-12-8-10-14-22(20)34)27(25)26-21-13-9-7-11-19(21)15-16-23(26)37-4/h7-17,27,34H,5-6H2,1-4H3/b24-17+/t27-/m1/s1. The molecule has 1 aliphatic rings. The van der Waals surface area contributed by atoms with E-state index in [1.54, 1.807) is 46.9 Å². The summed E-state index contributed by atoms with van der Waals surface area (Å²) in [5.74, 6) is 0.508. The van der Waals surface area contributed by atoms with E-state index in [2.05, 4.69) is 0 Å². The number of aromatic hydroxyl groups is 1. The van der Waals surface area contributed by atoms with Gasteiger partial charge in [0.15, 0.2) is 4.80 Å². The van der Waals surface area contributed by atoms with Crippen molar-refractivity contribution in [1.29, 1.82) is 0 Å². The highest BCUT2D eigenvalue weighted by molar-refractivity contribution is 7.07. The van der Waals surface area contributed by atoms with Gasteiger partial charge in [0, 0.05) is 24.2 Å². The Morgan fingerprint density at radius 1 is 1.11 bits per heavy atom. The minimum Gasteiger partial charge on any atom is -0.507 e. The number of likely N-dealkylation sites (N-methyl/N-ethyl adjacent to an activating group) is 1.